The Hall–Kier alpha value is -3.10. The van der Waals surface area contributed by atoms with Crippen molar-refractivity contribution in [2.75, 3.05) is 5.73 Å². The first-order chi connectivity index (χ1) is 11.1. The van der Waals surface area contributed by atoms with Gasteiger partial charge in [-0.15, -0.1) is 0 Å². The predicted octanol–water partition coefficient (Wildman–Crippen LogP) is -0.958. The van der Waals surface area contributed by atoms with Gasteiger partial charge >= 0.3 is 0 Å². The van der Waals surface area contributed by atoms with Gasteiger partial charge in [0.15, 0.2) is 5.78 Å². The van der Waals surface area contributed by atoms with Gasteiger partial charge in [0, 0.05) is 5.69 Å². The molecule has 0 bridgehead atoms. The monoisotopic (exact) mass is 336 g/mol. The van der Waals surface area contributed by atoms with Crippen molar-refractivity contribution >= 4 is 29.2 Å². The van der Waals surface area contributed by atoms with Crippen LogP contribution in [0.2, 0.25) is 0 Å². The number of aromatic hydroxyl groups is 1. The number of phenolic OH excluding ortho intramolecular Hbond substituents is 1. The van der Waals surface area contributed by atoms with E-state index in [2.05, 4.69) is 10.6 Å². The van der Waals surface area contributed by atoms with E-state index < -0.39 is 36.2 Å². The fourth-order valence-corrected chi connectivity index (χ4v) is 1.80. The number of benzene rings is 1. The number of rotatable bonds is 7. The zero-order chi connectivity index (χ0) is 18.4. The molecule has 0 unspecified atom stereocenters. The Kier molecular flexibility index (Phi) is 6.28. The Bertz CT molecular complexity index is 674. The van der Waals surface area contributed by atoms with Crippen molar-refractivity contribution in [3.05, 3.63) is 23.8 Å². The number of Topliss-reactive ketones (excluding diaryl/α,β-unsaturated/α-hetero) is 1. The van der Waals surface area contributed by atoms with Crippen LogP contribution in [0, 0.1) is 0 Å². The maximum atomic E-state index is 12.2. The van der Waals surface area contributed by atoms with Gasteiger partial charge in [0.2, 0.25) is 11.8 Å². The Labute approximate surface area is 138 Å². The molecule has 0 aliphatic heterocycles. The summed E-state index contributed by atoms with van der Waals surface area (Å²) in [5.74, 6) is -2.99. The Morgan fingerprint density at radius 1 is 1.21 bits per heavy atom. The summed E-state index contributed by atoms with van der Waals surface area (Å²) in [5.41, 5.74) is 10.7. The lowest BCUT2D eigenvalue weighted by atomic mass is 10.1. The van der Waals surface area contributed by atoms with Gasteiger partial charge in [-0.05, 0) is 32.0 Å². The van der Waals surface area contributed by atoms with E-state index in [0.29, 0.717) is 0 Å². The lowest BCUT2D eigenvalue weighted by Crippen LogP contribution is -2.51. The summed E-state index contributed by atoms with van der Waals surface area (Å²) in [6, 6.07) is 1.77. The first-order valence-corrected chi connectivity index (χ1v) is 7.10. The molecule has 130 valence electrons. The van der Waals surface area contributed by atoms with Crippen LogP contribution in [0.5, 0.6) is 5.75 Å². The van der Waals surface area contributed by atoms with Gasteiger partial charge in [0.1, 0.15) is 11.8 Å². The summed E-state index contributed by atoms with van der Waals surface area (Å²) < 4.78 is 0. The molecule has 1 aromatic rings. The van der Waals surface area contributed by atoms with Gasteiger partial charge in [0.25, 0.3) is 5.91 Å². The van der Waals surface area contributed by atoms with Crippen LogP contribution in [0.4, 0.5) is 5.69 Å². The summed E-state index contributed by atoms with van der Waals surface area (Å²) >= 11 is 0. The molecule has 24 heavy (non-hydrogen) atoms. The number of amides is 3. The fraction of sp³-hybridized carbons (Fsp3) is 0.333. The fourth-order valence-electron chi connectivity index (χ4n) is 1.80. The Morgan fingerprint density at radius 3 is 2.38 bits per heavy atom. The van der Waals surface area contributed by atoms with Crippen LogP contribution in [0.1, 0.15) is 30.6 Å². The number of carbonyl (C=O) groups excluding carboxylic acids is 4. The smallest absolute Gasteiger partial charge is 0.255 e. The molecule has 0 radical (unpaired) electrons. The van der Waals surface area contributed by atoms with Crippen LogP contribution in [0.15, 0.2) is 18.2 Å². The van der Waals surface area contributed by atoms with E-state index in [9.17, 15) is 24.3 Å². The topological polar surface area (TPSA) is 165 Å². The Morgan fingerprint density at radius 2 is 1.83 bits per heavy atom. The molecule has 0 aromatic heterocycles. The number of primary amides is 1. The molecule has 3 amide bonds. The van der Waals surface area contributed by atoms with Gasteiger partial charge in [-0.2, -0.15) is 0 Å². The highest BCUT2D eigenvalue weighted by molar-refractivity contribution is 6.01. The van der Waals surface area contributed by atoms with Gasteiger partial charge in [-0.25, -0.2) is 0 Å². The second-order valence-corrected chi connectivity index (χ2v) is 5.31. The number of carbonyl (C=O) groups is 4. The molecule has 2 atom stereocenters. The largest absolute Gasteiger partial charge is 0.507 e. The summed E-state index contributed by atoms with van der Waals surface area (Å²) in [6.45, 7) is 2.75. The van der Waals surface area contributed by atoms with E-state index in [4.69, 9.17) is 11.5 Å². The highest BCUT2D eigenvalue weighted by atomic mass is 16.3. The van der Waals surface area contributed by atoms with Crippen molar-refractivity contribution in [3.63, 3.8) is 0 Å². The molecular formula is C15H20N4O5. The molecule has 0 aliphatic rings. The number of nitrogen functional groups attached to an aromatic ring is 1. The molecule has 0 aliphatic carbocycles. The number of nitrogens with two attached hydrogens (primary N) is 2. The van der Waals surface area contributed by atoms with E-state index >= 15 is 0 Å². The van der Waals surface area contributed by atoms with E-state index in [-0.39, 0.29) is 22.8 Å². The third kappa shape index (κ3) is 5.27. The lowest BCUT2D eigenvalue weighted by molar-refractivity contribution is -0.129. The molecule has 0 fully saturated rings. The summed E-state index contributed by atoms with van der Waals surface area (Å²) in [6.07, 6.45) is -0.467. The van der Waals surface area contributed by atoms with Crippen molar-refractivity contribution in [2.24, 2.45) is 5.73 Å². The van der Waals surface area contributed by atoms with Crippen LogP contribution in [0.25, 0.3) is 0 Å². The zero-order valence-electron chi connectivity index (χ0n) is 13.3. The minimum absolute atomic E-state index is 0.156. The maximum absolute atomic E-state index is 12.2. The first kappa shape index (κ1) is 18.9. The van der Waals surface area contributed by atoms with Crippen LogP contribution in [-0.2, 0) is 14.4 Å². The molecule has 1 rings (SSSR count). The van der Waals surface area contributed by atoms with Crippen LogP contribution < -0.4 is 22.1 Å². The molecule has 1 aromatic carbocycles. The Balaban J connectivity index is 2.94. The highest BCUT2D eigenvalue weighted by Gasteiger charge is 2.26. The van der Waals surface area contributed by atoms with E-state index in [0.717, 1.165) is 0 Å². The molecule has 9 heteroatoms. The van der Waals surface area contributed by atoms with Crippen molar-refractivity contribution in [2.45, 2.75) is 32.4 Å². The lowest BCUT2D eigenvalue weighted by Gasteiger charge is -2.19. The summed E-state index contributed by atoms with van der Waals surface area (Å²) in [5, 5.41) is 14.4. The standard InChI is InChI=1S/C15H20N4O5/c1-7(8(2)20)18-15(24)11(6-13(17)22)19-14(23)10-5-9(16)3-4-12(10)21/h3-5,7,11,21H,6,16H2,1-2H3,(H2,17,22)(H,18,24)(H,19,23)/t7-,11+/m0/s1. The third-order valence-corrected chi connectivity index (χ3v) is 3.26. The predicted molar refractivity (Wildman–Crippen MR) is 85.9 cm³/mol. The summed E-state index contributed by atoms with van der Waals surface area (Å²) in [4.78, 5) is 46.7. The molecule has 0 saturated carbocycles. The normalized spacial score (nSPS) is 12.8. The maximum Gasteiger partial charge on any atom is 0.255 e. The van der Waals surface area contributed by atoms with E-state index in [1.807, 2.05) is 0 Å². The molecule has 0 saturated heterocycles. The average Bonchev–Trinajstić information content (AvgIpc) is 2.48. The number of ketones is 1. The first-order valence-electron chi connectivity index (χ1n) is 7.10. The number of hydrogen-bond donors (Lipinski definition) is 5. The summed E-state index contributed by atoms with van der Waals surface area (Å²) in [7, 11) is 0. The van der Waals surface area contributed by atoms with E-state index in [1.54, 1.807) is 0 Å². The van der Waals surface area contributed by atoms with Crippen molar-refractivity contribution in [3.8, 4) is 5.75 Å². The zero-order valence-corrected chi connectivity index (χ0v) is 13.3. The molecule has 0 heterocycles. The van der Waals surface area contributed by atoms with Gasteiger partial charge in [-0.3, -0.25) is 19.2 Å². The van der Waals surface area contributed by atoms with Crippen molar-refractivity contribution < 1.29 is 24.3 Å². The number of nitrogens with one attached hydrogen (secondary N) is 2. The SMILES string of the molecule is CC(=O)[C@H](C)NC(=O)[C@@H](CC(N)=O)NC(=O)c1cc(N)ccc1O. The number of phenols is 1. The van der Waals surface area contributed by atoms with Gasteiger partial charge < -0.3 is 27.2 Å². The molecule has 0 spiro atoms. The molecule has 9 nitrogen and oxygen atoms in total. The minimum Gasteiger partial charge on any atom is -0.507 e. The van der Waals surface area contributed by atoms with Crippen LogP contribution >= 0.6 is 0 Å². The van der Waals surface area contributed by atoms with Gasteiger partial charge in [0.05, 0.1) is 18.0 Å². The second-order valence-electron chi connectivity index (χ2n) is 5.31. The van der Waals surface area contributed by atoms with Crippen LogP contribution in [0.3, 0.4) is 0 Å². The molecular weight excluding hydrogens is 316 g/mol. The quantitative estimate of drug-likeness (QED) is 0.318. The van der Waals surface area contributed by atoms with Crippen LogP contribution in [-0.4, -0.2) is 40.7 Å². The third-order valence-electron chi connectivity index (χ3n) is 3.26. The minimum atomic E-state index is -1.29. The second kappa shape index (κ2) is 7.95. The van der Waals surface area contributed by atoms with E-state index in [1.165, 1.54) is 32.0 Å². The van der Waals surface area contributed by atoms with Crippen molar-refractivity contribution in [1.82, 2.24) is 10.6 Å². The number of anilines is 1. The molecule has 7 N–H and O–H groups in total. The highest BCUT2D eigenvalue weighted by Crippen LogP contribution is 2.19. The number of hydrogen-bond acceptors (Lipinski definition) is 6. The van der Waals surface area contributed by atoms with Crippen molar-refractivity contribution in [1.29, 1.82) is 0 Å². The average molecular weight is 336 g/mol. The van der Waals surface area contributed by atoms with Gasteiger partial charge in [-0.1, -0.05) is 0 Å².